The van der Waals surface area contributed by atoms with Crippen LogP contribution in [0.2, 0.25) is 0 Å². The van der Waals surface area contributed by atoms with E-state index in [1.807, 2.05) is 42.2 Å². The van der Waals surface area contributed by atoms with Gasteiger partial charge in [-0.3, -0.25) is 0 Å². The Hall–Kier alpha value is -3.57. The predicted octanol–water partition coefficient (Wildman–Crippen LogP) is 6.27. The summed E-state index contributed by atoms with van der Waals surface area (Å²) < 4.78 is 1.79. The number of para-hydroxylation sites is 2. The molecule has 0 saturated carbocycles. The smallest absolute Gasteiger partial charge is 0.370 e. The van der Waals surface area contributed by atoms with Gasteiger partial charge in [0.1, 0.15) is 0 Å². The number of nitrogens with zero attached hydrogens (tertiary/aromatic N) is 2. The van der Waals surface area contributed by atoms with Crippen LogP contribution in [0, 0.1) is 0 Å². The van der Waals surface area contributed by atoms with Crippen molar-refractivity contribution in [3.05, 3.63) is 106 Å². The number of aromatic nitrogens is 1. The average Bonchev–Trinajstić information content (AvgIpc) is 3.19. The maximum atomic E-state index is 11.3. The van der Waals surface area contributed by atoms with E-state index in [-0.39, 0.29) is 6.54 Å². The second-order valence-corrected chi connectivity index (χ2v) is 10.5. The zero-order valence-electron chi connectivity index (χ0n) is 19.7. The van der Waals surface area contributed by atoms with E-state index in [1.54, 1.807) is 4.57 Å². The summed E-state index contributed by atoms with van der Waals surface area (Å²) in [5.41, 5.74) is 8.74. The third-order valence-corrected chi connectivity index (χ3v) is 7.90. The largest absolute Gasteiger partial charge is 0.477 e. The first-order chi connectivity index (χ1) is 17.0. The normalized spacial score (nSPS) is 19.2. The molecule has 1 aliphatic carbocycles. The molecule has 35 heavy (non-hydrogen) atoms. The third-order valence-electron chi connectivity index (χ3n) is 6.80. The van der Waals surface area contributed by atoms with Gasteiger partial charge in [0.15, 0.2) is 6.20 Å². The molecule has 3 aliphatic rings. The van der Waals surface area contributed by atoms with Crippen LogP contribution in [0.25, 0.3) is 17.0 Å². The van der Waals surface area contributed by atoms with Crippen LogP contribution in [0.1, 0.15) is 30.9 Å². The Bertz CT molecular complexity index is 1500. The van der Waals surface area contributed by atoms with Crippen LogP contribution in [-0.2, 0) is 17.8 Å². The van der Waals surface area contributed by atoms with Gasteiger partial charge >= 0.3 is 5.97 Å². The summed E-state index contributed by atoms with van der Waals surface area (Å²) in [4.78, 5) is 15.2. The van der Waals surface area contributed by atoms with Gasteiger partial charge in [-0.1, -0.05) is 59.8 Å². The van der Waals surface area contributed by atoms with Gasteiger partial charge in [0, 0.05) is 23.6 Å². The molecule has 0 bridgehead atoms. The van der Waals surface area contributed by atoms with E-state index in [0.29, 0.717) is 0 Å². The third kappa shape index (κ3) is 4.21. The number of fused-ring (bicyclic) bond motifs is 1. The summed E-state index contributed by atoms with van der Waals surface area (Å²) >= 11 is 1.88. The lowest BCUT2D eigenvalue weighted by Crippen LogP contribution is -2.38. The lowest BCUT2D eigenvalue weighted by Gasteiger charge is -2.27. The van der Waals surface area contributed by atoms with E-state index in [2.05, 4.69) is 60.4 Å². The zero-order chi connectivity index (χ0) is 23.9. The molecule has 0 saturated heterocycles. The standard InChI is InChI=1S/C30H26N2O2S/c1-20-14-21(17-24-11-13-31(19-29(33)34)26-9-3-2-8-25(24)26)16-22(15-20)18-28-32-12-5-7-23-6-4-10-27(35-28)30(23)32/h2-4,6,8-11,13,15-18H,5,7,12,14,19H2,1H3/p+1. The van der Waals surface area contributed by atoms with Gasteiger partial charge in [-0.25, -0.2) is 4.79 Å². The van der Waals surface area contributed by atoms with Crippen molar-refractivity contribution in [1.29, 1.82) is 0 Å². The van der Waals surface area contributed by atoms with Crippen molar-refractivity contribution >= 4 is 40.4 Å². The van der Waals surface area contributed by atoms with E-state index in [4.69, 9.17) is 0 Å². The fraction of sp³-hybridized carbons (Fsp3) is 0.200. The number of carboxylic acid groups (broad SMARTS) is 1. The monoisotopic (exact) mass is 479 g/mol. The van der Waals surface area contributed by atoms with Crippen molar-refractivity contribution in [2.75, 3.05) is 11.4 Å². The topological polar surface area (TPSA) is 44.4 Å². The first-order valence-corrected chi connectivity index (χ1v) is 12.9. The Morgan fingerprint density at radius 3 is 2.89 bits per heavy atom. The van der Waals surface area contributed by atoms with Crippen molar-refractivity contribution in [2.24, 2.45) is 0 Å². The number of aliphatic carboxylic acids is 1. The average molecular weight is 480 g/mol. The van der Waals surface area contributed by atoms with E-state index in [0.717, 1.165) is 29.4 Å². The van der Waals surface area contributed by atoms with Crippen LogP contribution in [0.5, 0.6) is 0 Å². The molecular formula is C30H27N2O2S+. The second kappa shape index (κ2) is 8.90. The van der Waals surface area contributed by atoms with Crippen LogP contribution in [0.3, 0.4) is 0 Å². The molecular weight excluding hydrogens is 452 g/mol. The van der Waals surface area contributed by atoms with Crippen LogP contribution in [0.4, 0.5) is 5.69 Å². The number of hydrogen-bond donors (Lipinski definition) is 1. The van der Waals surface area contributed by atoms with Crippen molar-refractivity contribution < 1.29 is 14.5 Å². The van der Waals surface area contributed by atoms with Crippen molar-refractivity contribution in [3.8, 4) is 0 Å². The molecule has 1 N–H and O–H groups in total. The highest BCUT2D eigenvalue weighted by Crippen LogP contribution is 2.50. The Kier molecular flexibility index (Phi) is 5.57. The van der Waals surface area contributed by atoms with Crippen LogP contribution < -0.4 is 9.47 Å². The fourth-order valence-corrected chi connectivity index (χ4v) is 6.59. The van der Waals surface area contributed by atoms with Gasteiger partial charge in [-0.05, 0) is 66.7 Å². The minimum absolute atomic E-state index is 0.0465. The lowest BCUT2D eigenvalue weighted by molar-refractivity contribution is -0.660. The summed E-state index contributed by atoms with van der Waals surface area (Å²) in [7, 11) is 0. The van der Waals surface area contributed by atoms with Gasteiger partial charge in [0.25, 0.3) is 0 Å². The molecule has 0 amide bonds. The molecule has 5 heteroatoms. The van der Waals surface area contributed by atoms with Crippen molar-refractivity contribution in [1.82, 2.24) is 0 Å². The first kappa shape index (κ1) is 21.9. The van der Waals surface area contributed by atoms with Crippen LogP contribution in [-0.4, -0.2) is 17.6 Å². The number of aryl methyl sites for hydroxylation is 1. The summed E-state index contributed by atoms with van der Waals surface area (Å²) in [6.45, 7) is 3.22. The minimum Gasteiger partial charge on any atom is -0.477 e. The molecule has 2 aliphatic heterocycles. The maximum Gasteiger partial charge on any atom is 0.370 e. The Labute approximate surface area is 209 Å². The first-order valence-electron chi connectivity index (χ1n) is 12.1. The minimum atomic E-state index is -0.840. The number of carbonyl (C=O) groups is 1. The lowest BCUT2D eigenvalue weighted by atomic mass is 9.93. The number of rotatable bonds is 4. The van der Waals surface area contributed by atoms with Gasteiger partial charge in [-0.2, -0.15) is 4.57 Å². The van der Waals surface area contributed by atoms with E-state index >= 15 is 0 Å². The molecule has 0 atom stereocenters. The molecule has 6 rings (SSSR count). The highest BCUT2D eigenvalue weighted by atomic mass is 32.2. The van der Waals surface area contributed by atoms with Gasteiger partial charge in [0.05, 0.1) is 16.1 Å². The highest BCUT2D eigenvalue weighted by molar-refractivity contribution is 8.03. The SMILES string of the molecule is CC1=CC(/C=C2\Sc3cccc4c3N2CCC4)=CC(=C/c2cc[n+](CC(=O)O)c3ccccc23)/C1. The molecule has 2 aromatic carbocycles. The Morgan fingerprint density at radius 1 is 1.11 bits per heavy atom. The van der Waals surface area contributed by atoms with E-state index in [1.165, 1.54) is 50.7 Å². The summed E-state index contributed by atoms with van der Waals surface area (Å²) in [6.07, 6.45) is 14.3. The molecule has 174 valence electrons. The molecule has 3 aromatic rings. The molecule has 0 radical (unpaired) electrons. The van der Waals surface area contributed by atoms with Gasteiger partial charge in [0.2, 0.25) is 12.1 Å². The van der Waals surface area contributed by atoms with Gasteiger partial charge < -0.3 is 10.0 Å². The molecule has 3 heterocycles. The van der Waals surface area contributed by atoms with Gasteiger partial charge in [-0.15, -0.1) is 0 Å². The molecule has 0 unspecified atom stereocenters. The summed E-state index contributed by atoms with van der Waals surface area (Å²) in [6, 6.07) is 16.7. The number of thioether (sulfide) groups is 1. The number of carboxylic acids is 1. The second-order valence-electron chi connectivity index (χ2n) is 9.44. The molecule has 1 aromatic heterocycles. The summed E-state index contributed by atoms with van der Waals surface area (Å²) in [5.74, 6) is -0.840. The van der Waals surface area contributed by atoms with Crippen LogP contribution in [0.15, 0.2) is 99.6 Å². The summed E-state index contributed by atoms with van der Waals surface area (Å²) in [5, 5.41) is 11.7. The van der Waals surface area contributed by atoms with Crippen molar-refractivity contribution in [2.45, 2.75) is 37.6 Å². The fourth-order valence-electron chi connectivity index (χ4n) is 5.39. The number of benzene rings is 2. The number of allylic oxidation sites excluding steroid dienone is 6. The predicted molar refractivity (Wildman–Crippen MR) is 142 cm³/mol. The quantitative estimate of drug-likeness (QED) is 0.448. The number of anilines is 1. The Balaban J connectivity index is 1.37. The van der Waals surface area contributed by atoms with Crippen LogP contribution >= 0.6 is 11.8 Å². The maximum absolute atomic E-state index is 11.3. The molecule has 4 nitrogen and oxygen atoms in total. The molecule has 0 fully saturated rings. The van der Waals surface area contributed by atoms with E-state index < -0.39 is 5.97 Å². The number of hydrogen-bond acceptors (Lipinski definition) is 3. The highest BCUT2D eigenvalue weighted by Gasteiger charge is 2.30. The number of pyridine rings is 1. The zero-order valence-corrected chi connectivity index (χ0v) is 20.5. The Morgan fingerprint density at radius 2 is 2.00 bits per heavy atom. The van der Waals surface area contributed by atoms with Crippen molar-refractivity contribution in [3.63, 3.8) is 0 Å². The molecule has 0 spiro atoms. The van der Waals surface area contributed by atoms with E-state index in [9.17, 15) is 9.90 Å².